The Morgan fingerprint density at radius 1 is 1.11 bits per heavy atom. The molecule has 8 heteroatoms. The molecule has 0 heterocycles. The maximum atomic E-state index is 14.4. The number of guanidine groups is 1. The second kappa shape index (κ2) is 16.8. The monoisotopic (exact) mass is 510 g/mol. The van der Waals surface area contributed by atoms with E-state index in [1.54, 1.807) is 13.2 Å². The Hall–Kier alpha value is -1.13. The summed E-state index contributed by atoms with van der Waals surface area (Å²) in [5, 5.41) is 6.47. The molecule has 28 heavy (non-hydrogen) atoms. The fourth-order valence-electron chi connectivity index (χ4n) is 2.61. The van der Waals surface area contributed by atoms with Crippen LogP contribution in [-0.4, -0.2) is 59.1 Å². The van der Waals surface area contributed by atoms with Crippen molar-refractivity contribution in [3.8, 4) is 0 Å². The highest BCUT2D eigenvalue weighted by Gasteiger charge is 2.09. The van der Waals surface area contributed by atoms with Crippen LogP contribution in [0.2, 0.25) is 0 Å². The largest absolute Gasteiger partial charge is 0.382 e. The van der Waals surface area contributed by atoms with E-state index >= 15 is 0 Å². The lowest BCUT2D eigenvalue weighted by Crippen LogP contribution is -2.38. The molecular weight excluding hydrogens is 474 g/mol. The molecule has 2 N–H and O–H groups in total. The molecule has 0 aromatic heterocycles. The van der Waals surface area contributed by atoms with Gasteiger partial charge >= 0.3 is 0 Å². The molecule has 0 aliphatic rings. The van der Waals surface area contributed by atoms with E-state index in [-0.39, 0.29) is 29.8 Å². The summed E-state index contributed by atoms with van der Waals surface area (Å²) in [6.07, 6.45) is 0.876. The molecule has 6 nitrogen and oxygen atoms in total. The Morgan fingerprint density at radius 3 is 2.46 bits per heavy atom. The Balaban J connectivity index is 0.00000729. The van der Waals surface area contributed by atoms with Gasteiger partial charge in [-0.1, -0.05) is 6.07 Å². The van der Waals surface area contributed by atoms with E-state index in [9.17, 15) is 4.39 Å². The Morgan fingerprint density at radius 2 is 1.86 bits per heavy atom. The van der Waals surface area contributed by atoms with Gasteiger partial charge in [-0.2, -0.15) is 0 Å². The van der Waals surface area contributed by atoms with E-state index in [4.69, 9.17) is 9.47 Å². The number of rotatable bonds is 13. The van der Waals surface area contributed by atoms with Crippen LogP contribution in [-0.2, 0) is 16.0 Å². The van der Waals surface area contributed by atoms with Gasteiger partial charge in [0.15, 0.2) is 5.96 Å². The van der Waals surface area contributed by atoms with Gasteiger partial charge in [-0.3, -0.25) is 0 Å². The van der Waals surface area contributed by atoms with Gasteiger partial charge in [0, 0.05) is 39.9 Å². The zero-order chi connectivity index (χ0) is 19.9. The summed E-state index contributed by atoms with van der Waals surface area (Å²) in [4.78, 5) is 6.54. The fraction of sp³-hybridized carbons (Fsp3) is 0.650. The lowest BCUT2D eigenvalue weighted by Gasteiger charge is -2.21. The van der Waals surface area contributed by atoms with Gasteiger partial charge in [-0.05, 0) is 44.9 Å². The minimum atomic E-state index is -0.197. The Bertz CT molecular complexity index is 557. The summed E-state index contributed by atoms with van der Waals surface area (Å²) in [5.41, 5.74) is 1.50. The molecule has 0 aliphatic carbocycles. The van der Waals surface area contributed by atoms with E-state index in [1.807, 2.05) is 37.8 Å². The summed E-state index contributed by atoms with van der Waals surface area (Å²) in [6, 6.07) is 5.35. The zero-order valence-electron chi connectivity index (χ0n) is 17.6. The van der Waals surface area contributed by atoms with E-state index < -0.39 is 0 Å². The molecule has 0 radical (unpaired) electrons. The first-order valence-electron chi connectivity index (χ1n) is 9.78. The van der Waals surface area contributed by atoms with Crippen LogP contribution in [0.1, 0.15) is 32.8 Å². The third kappa shape index (κ3) is 10.4. The van der Waals surface area contributed by atoms with Crippen molar-refractivity contribution in [1.82, 2.24) is 10.6 Å². The van der Waals surface area contributed by atoms with Gasteiger partial charge < -0.3 is 25.0 Å². The zero-order valence-corrected chi connectivity index (χ0v) is 19.9. The average Bonchev–Trinajstić information content (AvgIpc) is 2.67. The van der Waals surface area contributed by atoms with Crippen molar-refractivity contribution in [3.63, 3.8) is 0 Å². The molecule has 0 saturated heterocycles. The maximum absolute atomic E-state index is 14.4. The van der Waals surface area contributed by atoms with E-state index in [0.717, 1.165) is 44.1 Å². The maximum Gasteiger partial charge on any atom is 0.191 e. The molecule has 0 amide bonds. The van der Waals surface area contributed by atoms with E-state index in [1.165, 1.54) is 0 Å². The van der Waals surface area contributed by atoms with Crippen molar-refractivity contribution in [2.24, 2.45) is 4.99 Å². The molecule has 1 aromatic rings. The summed E-state index contributed by atoms with van der Waals surface area (Å²) < 4.78 is 24.7. The molecule has 0 bridgehead atoms. The van der Waals surface area contributed by atoms with Crippen molar-refractivity contribution >= 4 is 35.6 Å². The molecule has 0 aliphatic heterocycles. The van der Waals surface area contributed by atoms with Crippen molar-refractivity contribution in [2.75, 3.05) is 58.0 Å². The lowest BCUT2D eigenvalue weighted by atomic mass is 10.2. The number of nitrogens with one attached hydrogen (secondary N) is 2. The molecule has 162 valence electrons. The summed E-state index contributed by atoms with van der Waals surface area (Å²) in [6.45, 7) is 11.5. The van der Waals surface area contributed by atoms with Gasteiger partial charge in [0.1, 0.15) is 5.82 Å². The predicted octanol–water partition coefficient (Wildman–Crippen LogP) is 3.40. The number of halogens is 2. The van der Waals surface area contributed by atoms with Crippen molar-refractivity contribution in [2.45, 2.75) is 33.7 Å². The van der Waals surface area contributed by atoms with E-state index in [2.05, 4.69) is 15.6 Å². The van der Waals surface area contributed by atoms with Gasteiger partial charge in [0.25, 0.3) is 0 Å². The van der Waals surface area contributed by atoms with Crippen molar-refractivity contribution < 1.29 is 13.9 Å². The number of nitrogens with zero attached hydrogens (tertiary/aromatic N) is 2. The number of hydrogen-bond acceptors (Lipinski definition) is 4. The third-order valence-electron chi connectivity index (χ3n) is 4.07. The fourth-order valence-corrected chi connectivity index (χ4v) is 2.61. The minimum Gasteiger partial charge on any atom is -0.382 e. The summed E-state index contributed by atoms with van der Waals surface area (Å²) in [7, 11) is 1.66. The second-order valence-corrected chi connectivity index (χ2v) is 6.04. The topological polar surface area (TPSA) is 58.1 Å². The highest BCUT2D eigenvalue weighted by Crippen LogP contribution is 2.20. The lowest BCUT2D eigenvalue weighted by molar-refractivity contribution is 0.0698. The van der Waals surface area contributed by atoms with Gasteiger partial charge in [-0.25, -0.2) is 9.38 Å². The second-order valence-electron chi connectivity index (χ2n) is 6.04. The number of hydrogen-bond donors (Lipinski definition) is 2. The number of ether oxygens (including phenoxy) is 2. The highest BCUT2D eigenvalue weighted by atomic mass is 127. The molecule has 1 aromatic carbocycles. The van der Waals surface area contributed by atoms with Crippen LogP contribution < -0.4 is 15.5 Å². The van der Waals surface area contributed by atoms with Gasteiger partial charge in [0.2, 0.25) is 0 Å². The van der Waals surface area contributed by atoms with Gasteiger partial charge in [0.05, 0.1) is 25.4 Å². The summed E-state index contributed by atoms with van der Waals surface area (Å²) in [5.74, 6) is 0.528. The smallest absolute Gasteiger partial charge is 0.191 e. The SMILES string of the molecule is CCNC(=NCc1ccc(N(CC)CC)c(F)c1)NCCCOCCOC.I. The van der Waals surface area contributed by atoms with E-state index in [0.29, 0.717) is 32.1 Å². The first-order valence-corrected chi connectivity index (χ1v) is 9.78. The molecule has 0 saturated carbocycles. The predicted molar refractivity (Wildman–Crippen MR) is 126 cm³/mol. The number of anilines is 1. The molecule has 0 spiro atoms. The average molecular weight is 510 g/mol. The number of aliphatic imine (C=N–C) groups is 1. The molecule has 0 atom stereocenters. The van der Waals surface area contributed by atoms with Crippen LogP contribution in [0.15, 0.2) is 23.2 Å². The standard InChI is InChI=1S/C20H35FN4O2.HI/c1-5-22-20(23-11-8-12-27-14-13-26-4)24-16-17-9-10-19(18(21)15-17)25(6-2)7-3;/h9-10,15H,5-8,11-14,16H2,1-4H3,(H2,22,23,24);1H. The molecule has 0 unspecified atom stereocenters. The number of methoxy groups -OCH3 is 1. The highest BCUT2D eigenvalue weighted by molar-refractivity contribution is 14.0. The van der Waals surface area contributed by atoms with Crippen LogP contribution in [0, 0.1) is 5.82 Å². The van der Waals surface area contributed by atoms with Crippen LogP contribution in [0.25, 0.3) is 0 Å². The normalized spacial score (nSPS) is 11.1. The minimum absolute atomic E-state index is 0. The van der Waals surface area contributed by atoms with Gasteiger partial charge in [-0.15, -0.1) is 24.0 Å². The van der Waals surface area contributed by atoms with Crippen LogP contribution >= 0.6 is 24.0 Å². The number of benzene rings is 1. The molecular formula is C20H36FIN4O2. The molecule has 0 fully saturated rings. The first-order chi connectivity index (χ1) is 13.2. The third-order valence-corrected chi connectivity index (χ3v) is 4.07. The van der Waals surface area contributed by atoms with Crippen molar-refractivity contribution in [3.05, 3.63) is 29.6 Å². The van der Waals surface area contributed by atoms with Crippen LogP contribution in [0.3, 0.4) is 0 Å². The first kappa shape index (κ1) is 26.9. The Labute approximate surface area is 186 Å². The van der Waals surface area contributed by atoms with Crippen LogP contribution in [0.5, 0.6) is 0 Å². The quantitative estimate of drug-likeness (QED) is 0.185. The van der Waals surface area contributed by atoms with Crippen molar-refractivity contribution in [1.29, 1.82) is 0 Å². The summed E-state index contributed by atoms with van der Waals surface area (Å²) >= 11 is 0. The Kier molecular flexibility index (Phi) is 16.1. The van der Waals surface area contributed by atoms with Crippen LogP contribution in [0.4, 0.5) is 10.1 Å². The molecule has 1 rings (SSSR count).